The highest BCUT2D eigenvalue weighted by Gasteiger charge is 2.43. The Balaban J connectivity index is 1.63. The first-order valence-electron chi connectivity index (χ1n) is 7.00. The minimum absolute atomic E-state index is 0.0398. The van der Waals surface area contributed by atoms with Gasteiger partial charge in [-0.05, 0) is 43.4 Å². The summed E-state index contributed by atoms with van der Waals surface area (Å²) in [4.78, 5) is 0. The van der Waals surface area contributed by atoms with E-state index < -0.39 is 11.7 Å². The molecule has 2 saturated heterocycles. The van der Waals surface area contributed by atoms with Crippen molar-refractivity contribution in [1.82, 2.24) is 0 Å². The standard InChI is InChI=1S/C15H18F3NO/c16-15(17,18)10-3-1-9(2-4-10)7-13(19)12-8-11-5-6-14(12)20-11/h1-4,11-14H,5-8,19H2. The molecule has 2 heterocycles. The maximum absolute atomic E-state index is 12.5. The Kier molecular flexibility index (Phi) is 3.50. The van der Waals surface area contributed by atoms with Crippen LogP contribution in [0.3, 0.4) is 0 Å². The summed E-state index contributed by atoms with van der Waals surface area (Å²) in [5, 5.41) is 0. The molecule has 0 radical (unpaired) electrons. The summed E-state index contributed by atoms with van der Waals surface area (Å²) >= 11 is 0. The Bertz CT molecular complexity index is 471. The van der Waals surface area contributed by atoms with Crippen LogP contribution in [0.5, 0.6) is 0 Å². The largest absolute Gasteiger partial charge is 0.416 e. The number of fused-ring (bicyclic) bond motifs is 2. The van der Waals surface area contributed by atoms with Gasteiger partial charge in [-0.3, -0.25) is 0 Å². The highest BCUT2D eigenvalue weighted by atomic mass is 19.4. The van der Waals surface area contributed by atoms with Crippen LogP contribution in [0.15, 0.2) is 24.3 Å². The van der Waals surface area contributed by atoms with Gasteiger partial charge in [0.15, 0.2) is 0 Å². The second-order valence-corrected chi connectivity index (χ2v) is 5.84. The lowest BCUT2D eigenvalue weighted by molar-refractivity contribution is -0.137. The molecular weight excluding hydrogens is 267 g/mol. The average molecular weight is 285 g/mol. The van der Waals surface area contributed by atoms with E-state index in [1.807, 2.05) is 0 Å². The fraction of sp³-hybridized carbons (Fsp3) is 0.600. The first-order chi connectivity index (χ1) is 9.43. The third kappa shape index (κ3) is 2.69. The number of alkyl halides is 3. The molecule has 3 rings (SSSR count). The molecule has 2 bridgehead atoms. The second kappa shape index (κ2) is 5.04. The van der Waals surface area contributed by atoms with Crippen LogP contribution in [0.25, 0.3) is 0 Å². The maximum Gasteiger partial charge on any atom is 0.416 e. The third-order valence-corrected chi connectivity index (χ3v) is 4.46. The molecule has 0 aromatic heterocycles. The van der Waals surface area contributed by atoms with Gasteiger partial charge in [-0.25, -0.2) is 0 Å². The van der Waals surface area contributed by atoms with Crippen molar-refractivity contribution in [2.75, 3.05) is 0 Å². The molecule has 2 nitrogen and oxygen atoms in total. The molecule has 2 N–H and O–H groups in total. The number of hydrogen-bond acceptors (Lipinski definition) is 2. The Hall–Kier alpha value is -1.07. The zero-order chi connectivity index (χ0) is 14.3. The smallest absolute Gasteiger partial charge is 0.375 e. The average Bonchev–Trinajstić information content (AvgIpc) is 3.00. The number of ether oxygens (including phenoxy) is 1. The first-order valence-corrected chi connectivity index (χ1v) is 7.00. The van der Waals surface area contributed by atoms with E-state index in [-0.39, 0.29) is 12.1 Å². The summed E-state index contributed by atoms with van der Waals surface area (Å²) in [6, 6.07) is 5.26. The third-order valence-electron chi connectivity index (χ3n) is 4.46. The highest BCUT2D eigenvalue weighted by molar-refractivity contribution is 5.25. The lowest BCUT2D eigenvalue weighted by atomic mass is 9.82. The van der Waals surface area contributed by atoms with Crippen LogP contribution in [0.1, 0.15) is 30.4 Å². The Morgan fingerprint density at radius 1 is 1.20 bits per heavy atom. The summed E-state index contributed by atoms with van der Waals surface area (Å²) in [5.74, 6) is 0.344. The fourth-order valence-electron chi connectivity index (χ4n) is 3.38. The van der Waals surface area contributed by atoms with Gasteiger partial charge in [-0.15, -0.1) is 0 Å². The summed E-state index contributed by atoms with van der Waals surface area (Å²) in [5.41, 5.74) is 6.46. The minimum Gasteiger partial charge on any atom is -0.375 e. The monoisotopic (exact) mass is 285 g/mol. The molecule has 0 aliphatic carbocycles. The van der Waals surface area contributed by atoms with Crippen molar-refractivity contribution in [1.29, 1.82) is 0 Å². The Morgan fingerprint density at radius 3 is 2.40 bits per heavy atom. The van der Waals surface area contributed by atoms with Gasteiger partial charge in [0.25, 0.3) is 0 Å². The molecule has 0 spiro atoms. The summed E-state index contributed by atoms with van der Waals surface area (Å²) in [6.45, 7) is 0. The molecule has 0 amide bonds. The van der Waals surface area contributed by atoms with Crippen LogP contribution < -0.4 is 5.73 Å². The van der Waals surface area contributed by atoms with E-state index in [2.05, 4.69) is 0 Å². The van der Waals surface area contributed by atoms with Gasteiger partial charge >= 0.3 is 6.18 Å². The van der Waals surface area contributed by atoms with E-state index in [4.69, 9.17) is 10.5 Å². The molecule has 4 atom stereocenters. The molecule has 1 aromatic carbocycles. The van der Waals surface area contributed by atoms with Gasteiger partial charge < -0.3 is 10.5 Å². The van der Waals surface area contributed by atoms with Crippen molar-refractivity contribution in [2.24, 2.45) is 11.7 Å². The van der Waals surface area contributed by atoms with Crippen LogP contribution in [0.4, 0.5) is 13.2 Å². The quantitative estimate of drug-likeness (QED) is 0.926. The Morgan fingerprint density at radius 2 is 1.90 bits per heavy atom. The normalized spacial score (nSPS) is 30.7. The van der Waals surface area contributed by atoms with Crippen LogP contribution in [0.2, 0.25) is 0 Å². The van der Waals surface area contributed by atoms with Gasteiger partial charge in [0.1, 0.15) is 0 Å². The molecule has 4 unspecified atom stereocenters. The van der Waals surface area contributed by atoms with Gasteiger partial charge in [-0.1, -0.05) is 12.1 Å². The van der Waals surface area contributed by atoms with Crippen molar-refractivity contribution in [2.45, 2.75) is 50.1 Å². The summed E-state index contributed by atoms with van der Waals surface area (Å²) < 4.78 is 43.2. The predicted molar refractivity (Wildman–Crippen MR) is 69.1 cm³/mol. The molecule has 2 aliphatic heterocycles. The predicted octanol–water partition coefficient (Wildman–Crippen LogP) is 3.14. The van der Waals surface area contributed by atoms with Crippen LogP contribution >= 0.6 is 0 Å². The van der Waals surface area contributed by atoms with Gasteiger partial charge in [0, 0.05) is 12.0 Å². The summed E-state index contributed by atoms with van der Waals surface area (Å²) in [7, 11) is 0. The van der Waals surface area contributed by atoms with E-state index in [0.29, 0.717) is 18.4 Å². The van der Waals surface area contributed by atoms with E-state index in [1.165, 1.54) is 12.1 Å². The zero-order valence-corrected chi connectivity index (χ0v) is 11.1. The molecular formula is C15H18F3NO. The molecule has 5 heteroatoms. The zero-order valence-electron chi connectivity index (χ0n) is 11.1. The molecule has 2 aliphatic rings. The number of benzene rings is 1. The van der Waals surface area contributed by atoms with Crippen LogP contribution in [-0.2, 0) is 17.3 Å². The van der Waals surface area contributed by atoms with Crippen molar-refractivity contribution in [3.8, 4) is 0 Å². The molecule has 2 fully saturated rings. The van der Waals surface area contributed by atoms with Crippen molar-refractivity contribution < 1.29 is 17.9 Å². The van der Waals surface area contributed by atoms with Gasteiger partial charge in [0.2, 0.25) is 0 Å². The van der Waals surface area contributed by atoms with E-state index in [9.17, 15) is 13.2 Å². The minimum atomic E-state index is -4.28. The topological polar surface area (TPSA) is 35.2 Å². The lowest BCUT2D eigenvalue weighted by Gasteiger charge is -2.25. The highest BCUT2D eigenvalue weighted by Crippen LogP contribution is 2.40. The van der Waals surface area contributed by atoms with Crippen molar-refractivity contribution >= 4 is 0 Å². The first kappa shape index (κ1) is 13.9. The number of rotatable bonds is 3. The Labute approximate surface area is 116 Å². The lowest BCUT2D eigenvalue weighted by Crippen LogP contribution is -2.37. The van der Waals surface area contributed by atoms with Crippen molar-refractivity contribution in [3.63, 3.8) is 0 Å². The van der Waals surface area contributed by atoms with Crippen molar-refractivity contribution in [3.05, 3.63) is 35.4 Å². The molecule has 20 heavy (non-hydrogen) atoms. The van der Waals surface area contributed by atoms with E-state index in [1.54, 1.807) is 0 Å². The number of nitrogens with two attached hydrogens (primary N) is 1. The van der Waals surface area contributed by atoms with E-state index >= 15 is 0 Å². The maximum atomic E-state index is 12.5. The second-order valence-electron chi connectivity index (χ2n) is 5.84. The van der Waals surface area contributed by atoms with E-state index in [0.717, 1.165) is 37.0 Å². The number of hydrogen-bond donors (Lipinski definition) is 1. The fourth-order valence-corrected chi connectivity index (χ4v) is 3.38. The number of halogens is 3. The van der Waals surface area contributed by atoms with Crippen LogP contribution in [0, 0.1) is 5.92 Å². The van der Waals surface area contributed by atoms with Gasteiger partial charge in [-0.2, -0.15) is 13.2 Å². The summed E-state index contributed by atoms with van der Waals surface area (Å²) in [6.07, 6.45) is 0.110. The molecule has 1 aromatic rings. The van der Waals surface area contributed by atoms with Gasteiger partial charge in [0.05, 0.1) is 17.8 Å². The molecule has 0 saturated carbocycles. The SMILES string of the molecule is NC(Cc1ccc(C(F)(F)F)cc1)C1CC2CCC1O2. The molecule has 110 valence electrons. The van der Waals surface area contributed by atoms with Crippen LogP contribution in [-0.4, -0.2) is 18.2 Å².